The van der Waals surface area contributed by atoms with Gasteiger partial charge < -0.3 is 15.3 Å². The maximum Gasteiger partial charge on any atom is 0.134 e. The van der Waals surface area contributed by atoms with Crippen molar-refractivity contribution in [3.8, 4) is 0 Å². The number of rotatable bonds is 4. The zero-order valence-electron chi connectivity index (χ0n) is 11.3. The predicted molar refractivity (Wildman–Crippen MR) is 72.9 cm³/mol. The average Bonchev–Trinajstić information content (AvgIpc) is 2.72. The molecular weight excluding hydrogens is 228 g/mol. The Hall–Kier alpha value is -1.36. The van der Waals surface area contributed by atoms with Crippen molar-refractivity contribution in [1.29, 1.82) is 0 Å². The van der Waals surface area contributed by atoms with Gasteiger partial charge in [0.25, 0.3) is 0 Å². The molecule has 2 N–H and O–H groups in total. The predicted octanol–water partition coefficient (Wildman–Crippen LogP) is 1.42. The Morgan fingerprint density at radius 2 is 2.28 bits per heavy atom. The Kier molecular flexibility index (Phi) is 4.01. The second-order valence-electron chi connectivity index (χ2n) is 5.32. The van der Waals surface area contributed by atoms with Gasteiger partial charge in [-0.25, -0.2) is 9.97 Å². The van der Waals surface area contributed by atoms with E-state index in [0.29, 0.717) is 12.5 Å². The Morgan fingerprint density at radius 3 is 2.89 bits per heavy atom. The van der Waals surface area contributed by atoms with Crippen molar-refractivity contribution in [3.05, 3.63) is 11.9 Å². The van der Waals surface area contributed by atoms with Crippen LogP contribution in [0, 0.1) is 12.8 Å². The molecule has 18 heavy (non-hydrogen) atoms. The zero-order chi connectivity index (χ0) is 13.1. The molecular formula is C13H22N4O. The van der Waals surface area contributed by atoms with E-state index >= 15 is 0 Å². The van der Waals surface area contributed by atoms with Crippen LogP contribution in [0.4, 0.5) is 11.6 Å². The number of aliphatic hydroxyl groups excluding tert-OH is 1. The van der Waals surface area contributed by atoms with Gasteiger partial charge in [0.15, 0.2) is 0 Å². The molecule has 0 bridgehead atoms. The molecule has 0 aromatic carbocycles. The highest BCUT2D eigenvalue weighted by atomic mass is 16.3. The molecule has 1 atom stereocenters. The number of hydrogen-bond acceptors (Lipinski definition) is 5. The number of nitrogens with one attached hydrogen (secondary N) is 1. The fourth-order valence-electron chi connectivity index (χ4n) is 2.06. The molecule has 1 aliphatic rings. The highest BCUT2D eigenvalue weighted by molar-refractivity contribution is 5.50. The molecule has 2 heterocycles. The first-order chi connectivity index (χ1) is 8.54. The van der Waals surface area contributed by atoms with Crippen molar-refractivity contribution in [2.24, 2.45) is 5.92 Å². The third kappa shape index (κ3) is 3.32. The quantitative estimate of drug-likeness (QED) is 0.846. The van der Waals surface area contributed by atoms with Crippen molar-refractivity contribution in [3.63, 3.8) is 0 Å². The Bertz CT molecular complexity index is 408. The molecule has 0 amide bonds. The summed E-state index contributed by atoms with van der Waals surface area (Å²) in [6, 6.07) is 1.97. The summed E-state index contributed by atoms with van der Waals surface area (Å²) in [5, 5.41) is 12.9. The fourth-order valence-corrected chi connectivity index (χ4v) is 2.06. The molecule has 1 unspecified atom stereocenters. The van der Waals surface area contributed by atoms with Gasteiger partial charge in [0.2, 0.25) is 0 Å². The van der Waals surface area contributed by atoms with Crippen molar-refractivity contribution in [1.82, 2.24) is 9.97 Å². The molecule has 0 aliphatic carbocycles. The van der Waals surface area contributed by atoms with E-state index in [4.69, 9.17) is 0 Å². The van der Waals surface area contributed by atoms with Crippen molar-refractivity contribution >= 4 is 11.6 Å². The number of hydrogen-bond donors (Lipinski definition) is 2. The van der Waals surface area contributed by atoms with Gasteiger partial charge in [-0.05, 0) is 19.3 Å². The van der Waals surface area contributed by atoms with Crippen LogP contribution < -0.4 is 10.2 Å². The Balaban J connectivity index is 2.11. The number of nitrogens with zero attached hydrogens (tertiary/aromatic N) is 3. The summed E-state index contributed by atoms with van der Waals surface area (Å²) >= 11 is 0. The molecule has 1 aliphatic heterocycles. The molecule has 0 saturated carbocycles. The van der Waals surface area contributed by atoms with Gasteiger partial charge in [0.1, 0.15) is 17.5 Å². The number of aryl methyl sites for hydroxylation is 1. The first-order valence-electron chi connectivity index (χ1n) is 6.57. The first kappa shape index (κ1) is 13.1. The minimum atomic E-state index is -0.229. The highest BCUT2D eigenvalue weighted by Gasteiger charge is 2.21. The van der Waals surface area contributed by atoms with Crippen LogP contribution >= 0.6 is 0 Å². The lowest BCUT2D eigenvalue weighted by atomic mass is 10.2. The number of β-amino-alcohol motifs (C(OH)–C–C–N with tert-alkyl or cyclic N) is 1. The van der Waals surface area contributed by atoms with Gasteiger partial charge in [-0.2, -0.15) is 0 Å². The van der Waals surface area contributed by atoms with Crippen molar-refractivity contribution < 1.29 is 5.11 Å². The minimum absolute atomic E-state index is 0.229. The molecule has 0 spiro atoms. The molecule has 5 nitrogen and oxygen atoms in total. The molecule has 5 heteroatoms. The molecule has 1 fully saturated rings. The van der Waals surface area contributed by atoms with Crippen LogP contribution in [0.2, 0.25) is 0 Å². The van der Waals surface area contributed by atoms with E-state index in [9.17, 15) is 5.11 Å². The summed E-state index contributed by atoms with van der Waals surface area (Å²) < 4.78 is 0. The van der Waals surface area contributed by atoms with E-state index in [-0.39, 0.29) is 6.10 Å². The lowest BCUT2D eigenvalue weighted by Crippen LogP contribution is -2.23. The first-order valence-corrected chi connectivity index (χ1v) is 6.57. The van der Waals surface area contributed by atoms with Crippen LogP contribution in [-0.4, -0.2) is 40.8 Å². The van der Waals surface area contributed by atoms with Gasteiger partial charge in [-0.3, -0.25) is 0 Å². The maximum atomic E-state index is 9.57. The van der Waals surface area contributed by atoms with E-state index in [0.717, 1.165) is 37.0 Å². The monoisotopic (exact) mass is 250 g/mol. The largest absolute Gasteiger partial charge is 0.391 e. The molecule has 2 rings (SSSR count). The van der Waals surface area contributed by atoms with Gasteiger partial charge in [0, 0.05) is 25.7 Å². The summed E-state index contributed by atoms with van der Waals surface area (Å²) in [4.78, 5) is 10.9. The Labute approximate surface area is 108 Å². The van der Waals surface area contributed by atoms with Crippen LogP contribution in [-0.2, 0) is 0 Å². The van der Waals surface area contributed by atoms with E-state index in [1.807, 2.05) is 13.0 Å². The minimum Gasteiger partial charge on any atom is -0.391 e. The van der Waals surface area contributed by atoms with Crippen LogP contribution in [0.3, 0.4) is 0 Å². The molecule has 0 radical (unpaired) electrons. The number of aromatic nitrogens is 2. The van der Waals surface area contributed by atoms with E-state index in [2.05, 4.69) is 34.0 Å². The van der Waals surface area contributed by atoms with E-state index < -0.39 is 0 Å². The molecule has 1 aromatic rings. The number of anilines is 2. The molecule has 1 saturated heterocycles. The third-order valence-electron chi connectivity index (χ3n) is 3.00. The van der Waals surface area contributed by atoms with Crippen molar-refractivity contribution in [2.75, 3.05) is 29.9 Å². The van der Waals surface area contributed by atoms with Gasteiger partial charge in [0.05, 0.1) is 6.10 Å². The van der Waals surface area contributed by atoms with E-state index in [1.54, 1.807) is 0 Å². The second kappa shape index (κ2) is 5.52. The summed E-state index contributed by atoms with van der Waals surface area (Å²) in [5.74, 6) is 3.12. The summed E-state index contributed by atoms with van der Waals surface area (Å²) in [6.07, 6.45) is 0.588. The summed E-state index contributed by atoms with van der Waals surface area (Å²) in [5.41, 5.74) is 0. The Morgan fingerprint density at radius 1 is 1.50 bits per heavy atom. The van der Waals surface area contributed by atoms with Crippen molar-refractivity contribution in [2.45, 2.75) is 33.3 Å². The number of aliphatic hydroxyl groups is 1. The van der Waals surface area contributed by atoms with Crippen LogP contribution in [0.15, 0.2) is 6.07 Å². The van der Waals surface area contributed by atoms with Gasteiger partial charge >= 0.3 is 0 Å². The molecule has 100 valence electrons. The summed E-state index contributed by atoms with van der Waals surface area (Å²) in [7, 11) is 0. The normalized spacial score (nSPS) is 19.6. The SMILES string of the molecule is Cc1nc(NCC(C)C)cc(N2CCC(O)C2)n1. The van der Waals surface area contributed by atoms with Crippen LogP contribution in [0.5, 0.6) is 0 Å². The third-order valence-corrected chi connectivity index (χ3v) is 3.00. The van der Waals surface area contributed by atoms with E-state index in [1.165, 1.54) is 0 Å². The molecule has 1 aromatic heterocycles. The lowest BCUT2D eigenvalue weighted by molar-refractivity contribution is 0.198. The average molecular weight is 250 g/mol. The smallest absolute Gasteiger partial charge is 0.134 e. The van der Waals surface area contributed by atoms with Crippen LogP contribution in [0.25, 0.3) is 0 Å². The fraction of sp³-hybridized carbons (Fsp3) is 0.692. The van der Waals surface area contributed by atoms with Crippen LogP contribution in [0.1, 0.15) is 26.1 Å². The maximum absolute atomic E-state index is 9.57. The second-order valence-corrected chi connectivity index (χ2v) is 5.32. The summed E-state index contributed by atoms with van der Waals surface area (Å²) in [6.45, 7) is 8.66. The van der Waals surface area contributed by atoms with Gasteiger partial charge in [-0.1, -0.05) is 13.8 Å². The standard InChI is InChI=1S/C13H22N4O/c1-9(2)7-14-12-6-13(16-10(3)15-12)17-5-4-11(18)8-17/h6,9,11,18H,4-5,7-8H2,1-3H3,(H,14,15,16). The van der Waals surface area contributed by atoms with Gasteiger partial charge in [-0.15, -0.1) is 0 Å². The lowest BCUT2D eigenvalue weighted by Gasteiger charge is -2.18. The zero-order valence-corrected chi connectivity index (χ0v) is 11.3. The highest BCUT2D eigenvalue weighted by Crippen LogP contribution is 2.20. The topological polar surface area (TPSA) is 61.3 Å².